The number of nitrogens with zero attached hydrogens (tertiary/aromatic N) is 2. The molecule has 0 spiro atoms. The topological polar surface area (TPSA) is 121 Å². The molecule has 0 saturated carbocycles. The van der Waals surface area contributed by atoms with Crippen LogP contribution in [0, 0.1) is 13.8 Å². The van der Waals surface area contributed by atoms with Gasteiger partial charge in [0.15, 0.2) is 0 Å². The molecule has 30 heavy (non-hydrogen) atoms. The van der Waals surface area contributed by atoms with Crippen LogP contribution in [0.5, 0.6) is 0 Å². The summed E-state index contributed by atoms with van der Waals surface area (Å²) in [6.07, 6.45) is 1.33. The first kappa shape index (κ1) is 20.5. The van der Waals surface area contributed by atoms with Crippen molar-refractivity contribution in [3.05, 3.63) is 88.2 Å². The van der Waals surface area contributed by atoms with Gasteiger partial charge in [0.25, 0.3) is 5.91 Å². The van der Waals surface area contributed by atoms with Crippen LogP contribution in [0.15, 0.2) is 59.7 Å². The molecule has 1 heterocycles. The van der Waals surface area contributed by atoms with Crippen LogP contribution in [0.1, 0.15) is 48.0 Å². The molecule has 152 valence electrons. The second kappa shape index (κ2) is 8.44. The van der Waals surface area contributed by atoms with Gasteiger partial charge in [-0.15, -0.1) is 0 Å². The Labute approximate surface area is 172 Å². The molecule has 1 amide bonds. The van der Waals surface area contributed by atoms with Crippen molar-refractivity contribution in [2.24, 2.45) is 5.10 Å². The number of carboxylic acids is 2. The van der Waals surface area contributed by atoms with E-state index in [0.29, 0.717) is 11.3 Å². The van der Waals surface area contributed by atoms with Crippen LogP contribution in [0.25, 0.3) is 5.69 Å². The van der Waals surface area contributed by atoms with Gasteiger partial charge in [0.1, 0.15) is 0 Å². The molecule has 0 unspecified atom stereocenters. The molecule has 3 N–H and O–H groups in total. The highest BCUT2D eigenvalue weighted by Gasteiger charge is 2.17. The molecule has 0 radical (unpaired) electrons. The summed E-state index contributed by atoms with van der Waals surface area (Å²) in [4.78, 5) is 35.2. The van der Waals surface area contributed by atoms with Gasteiger partial charge in [0, 0.05) is 17.0 Å². The molecule has 3 rings (SSSR count). The maximum absolute atomic E-state index is 12.5. The first-order valence-corrected chi connectivity index (χ1v) is 8.97. The van der Waals surface area contributed by atoms with E-state index in [9.17, 15) is 19.5 Å². The van der Waals surface area contributed by atoms with E-state index in [1.54, 1.807) is 16.7 Å². The minimum Gasteiger partial charge on any atom is -0.478 e. The highest BCUT2D eigenvalue weighted by Crippen LogP contribution is 2.22. The summed E-state index contributed by atoms with van der Waals surface area (Å²) in [5.41, 5.74) is 5.35. The maximum atomic E-state index is 12.5. The normalized spacial score (nSPS) is 10.9. The third kappa shape index (κ3) is 4.27. The van der Waals surface area contributed by atoms with E-state index in [-0.39, 0.29) is 16.7 Å². The van der Waals surface area contributed by atoms with Gasteiger partial charge in [-0.05, 0) is 61.9 Å². The van der Waals surface area contributed by atoms with Gasteiger partial charge in [-0.2, -0.15) is 5.10 Å². The van der Waals surface area contributed by atoms with Crippen molar-refractivity contribution in [2.75, 3.05) is 0 Å². The maximum Gasteiger partial charge on any atom is 0.337 e. The number of hydrazone groups is 1. The van der Waals surface area contributed by atoms with Crippen molar-refractivity contribution in [3.8, 4) is 5.69 Å². The van der Waals surface area contributed by atoms with Crippen molar-refractivity contribution >= 4 is 24.1 Å². The summed E-state index contributed by atoms with van der Waals surface area (Å²) in [5.74, 6) is -2.68. The number of rotatable bonds is 6. The Hall–Kier alpha value is -4.20. The molecule has 0 atom stereocenters. The predicted octanol–water partition coefficient (Wildman–Crippen LogP) is 3.25. The first-order chi connectivity index (χ1) is 14.3. The van der Waals surface area contributed by atoms with Crippen LogP contribution in [0.3, 0.4) is 0 Å². The van der Waals surface area contributed by atoms with E-state index in [4.69, 9.17) is 5.11 Å². The SMILES string of the molecule is Cc1ccc(C)n1-c1cc(C(=O)N/N=C\c2cccc(C(=O)O)c2)ccc1C(=O)O. The van der Waals surface area contributed by atoms with Crippen LogP contribution < -0.4 is 5.43 Å². The summed E-state index contributed by atoms with van der Waals surface area (Å²) in [5, 5.41) is 22.4. The van der Waals surface area contributed by atoms with Crippen LogP contribution in [0.2, 0.25) is 0 Å². The van der Waals surface area contributed by atoms with Gasteiger partial charge in [-0.1, -0.05) is 12.1 Å². The zero-order valence-electron chi connectivity index (χ0n) is 16.3. The van der Waals surface area contributed by atoms with Crippen molar-refractivity contribution in [2.45, 2.75) is 13.8 Å². The zero-order valence-corrected chi connectivity index (χ0v) is 16.3. The fraction of sp³-hybridized carbons (Fsp3) is 0.0909. The number of hydrogen-bond donors (Lipinski definition) is 3. The summed E-state index contributed by atoms with van der Waals surface area (Å²) in [7, 11) is 0. The number of aromatic nitrogens is 1. The van der Waals surface area contributed by atoms with Crippen molar-refractivity contribution in [3.63, 3.8) is 0 Å². The Balaban J connectivity index is 1.86. The average Bonchev–Trinajstić information content (AvgIpc) is 3.05. The second-order valence-electron chi connectivity index (χ2n) is 6.62. The van der Waals surface area contributed by atoms with Gasteiger partial charge in [0.05, 0.1) is 23.0 Å². The van der Waals surface area contributed by atoms with E-state index in [1.807, 2.05) is 26.0 Å². The van der Waals surface area contributed by atoms with Gasteiger partial charge in [-0.3, -0.25) is 4.79 Å². The standard InChI is InChI=1S/C22H19N3O5/c1-13-6-7-14(2)25(13)19-11-16(8-9-18(19)22(29)30)20(26)24-23-12-15-4-3-5-17(10-15)21(27)28/h3-12H,1-2H3,(H,24,26)(H,27,28)(H,29,30)/b23-12-. The van der Waals surface area contributed by atoms with Gasteiger partial charge >= 0.3 is 11.9 Å². The minimum atomic E-state index is -1.10. The van der Waals surface area contributed by atoms with Crippen molar-refractivity contribution in [1.82, 2.24) is 9.99 Å². The molecule has 0 saturated heterocycles. The summed E-state index contributed by atoms with van der Waals surface area (Å²) in [6, 6.07) is 14.1. The molecule has 2 aromatic carbocycles. The van der Waals surface area contributed by atoms with Gasteiger partial charge < -0.3 is 14.8 Å². The third-order valence-electron chi connectivity index (χ3n) is 4.52. The lowest BCUT2D eigenvalue weighted by Crippen LogP contribution is -2.19. The van der Waals surface area contributed by atoms with Crippen LogP contribution in [-0.4, -0.2) is 38.8 Å². The van der Waals surface area contributed by atoms with Gasteiger partial charge in [0.2, 0.25) is 0 Å². The second-order valence-corrected chi connectivity index (χ2v) is 6.62. The van der Waals surface area contributed by atoms with E-state index >= 15 is 0 Å². The molecular weight excluding hydrogens is 386 g/mol. The average molecular weight is 405 g/mol. The first-order valence-electron chi connectivity index (χ1n) is 8.97. The predicted molar refractivity (Wildman–Crippen MR) is 111 cm³/mol. The van der Waals surface area contributed by atoms with Crippen LogP contribution >= 0.6 is 0 Å². The lowest BCUT2D eigenvalue weighted by molar-refractivity contribution is 0.0686. The molecule has 0 aliphatic rings. The van der Waals surface area contributed by atoms with E-state index in [0.717, 1.165) is 11.4 Å². The number of hydrogen-bond acceptors (Lipinski definition) is 4. The fourth-order valence-electron chi connectivity index (χ4n) is 3.07. The number of carbonyl (C=O) groups is 3. The highest BCUT2D eigenvalue weighted by atomic mass is 16.4. The number of carbonyl (C=O) groups excluding carboxylic acids is 1. The molecule has 1 aromatic heterocycles. The molecule has 3 aromatic rings. The smallest absolute Gasteiger partial charge is 0.337 e. The van der Waals surface area contributed by atoms with Crippen LogP contribution in [-0.2, 0) is 0 Å². The van der Waals surface area contributed by atoms with Crippen molar-refractivity contribution < 1.29 is 24.6 Å². The molecular formula is C22H19N3O5. The Morgan fingerprint density at radius 2 is 1.60 bits per heavy atom. The van der Waals surface area contributed by atoms with E-state index in [2.05, 4.69) is 10.5 Å². The minimum absolute atomic E-state index is 0.0722. The van der Waals surface area contributed by atoms with Crippen LogP contribution in [0.4, 0.5) is 0 Å². The Kier molecular flexibility index (Phi) is 5.78. The summed E-state index contributed by atoms with van der Waals surface area (Å²) >= 11 is 0. The number of aromatic carboxylic acids is 2. The molecule has 0 bridgehead atoms. The number of aryl methyl sites for hydroxylation is 2. The molecule has 8 heteroatoms. The Bertz CT molecular complexity index is 1160. The van der Waals surface area contributed by atoms with E-state index in [1.165, 1.54) is 36.5 Å². The lowest BCUT2D eigenvalue weighted by atomic mass is 10.1. The highest BCUT2D eigenvalue weighted by molar-refractivity contribution is 5.99. The fourth-order valence-corrected chi connectivity index (χ4v) is 3.07. The lowest BCUT2D eigenvalue weighted by Gasteiger charge is -2.14. The Morgan fingerprint density at radius 3 is 2.23 bits per heavy atom. The zero-order chi connectivity index (χ0) is 21.8. The van der Waals surface area contributed by atoms with E-state index < -0.39 is 17.8 Å². The monoisotopic (exact) mass is 405 g/mol. The number of amides is 1. The number of carboxylic acid groups (broad SMARTS) is 2. The largest absolute Gasteiger partial charge is 0.478 e. The summed E-state index contributed by atoms with van der Waals surface area (Å²) in [6.45, 7) is 3.70. The van der Waals surface area contributed by atoms with Crippen molar-refractivity contribution in [1.29, 1.82) is 0 Å². The molecule has 0 aliphatic heterocycles. The van der Waals surface area contributed by atoms with Gasteiger partial charge in [-0.25, -0.2) is 15.0 Å². The molecule has 0 aliphatic carbocycles. The number of nitrogens with one attached hydrogen (secondary N) is 1. The Morgan fingerprint density at radius 1 is 0.900 bits per heavy atom. The quantitative estimate of drug-likeness (QED) is 0.429. The summed E-state index contributed by atoms with van der Waals surface area (Å²) < 4.78 is 1.76. The molecule has 0 fully saturated rings. The number of benzene rings is 2. The third-order valence-corrected chi connectivity index (χ3v) is 4.52. The molecule has 8 nitrogen and oxygen atoms in total.